The average Bonchev–Trinajstić information content (AvgIpc) is 2.97. The molecule has 21 heavy (non-hydrogen) atoms. The number of benzene rings is 1. The zero-order valence-corrected chi connectivity index (χ0v) is 12.2. The number of hydrogen-bond acceptors (Lipinski definition) is 2. The Morgan fingerprint density at radius 2 is 2.05 bits per heavy atom. The van der Waals surface area contributed by atoms with Crippen molar-refractivity contribution in [1.29, 1.82) is 0 Å². The smallest absolute Gasteiger partial charge is 0.123 e. The van der Waals surface area contributed by atoms with Crippen molar-refractivity contribution in [3.63, 3.8) is 0 Å². The highest BCUT2D eigenvalue weighted by Crippen LogP contribution is 2.27. The Labute approximate surface area is 125 Å². The first-order valence-corrected chi connectivity index (χ1v) is 7.77. The Morgan fingerprint density at radius 3 is 2.81 bits per heavy atom. The van der Waals surface area contributed by atoms with Gasteiger partial charge in [0.25, 0.3) is 0 Å². The summed E-state index contributed by atoms with van der Waals surface area (Å²) in [6.45, 7) is 0. The van der Waals surface area contributed by atoms with Gasteiger partial charge in [-0.2, -0.15) is 5.10 Å². The topological polar surface area (TPSA) is 43.8 Å². The fourth-order valence-corrected chi connectivity index (χ4v) is 3.12. The summed E-state index contributed by atoms with van der Waals surface area (Å²) in [6, 6.07) is 8.87. The molecule has 1 aromatic heterocycles. The lowest BCUT2D eigenvalue weighted by Crippen LogP contribution is -2.16. The normalized spacial score (nSPS) is 17.8. The summed E-state index contributed by atoms with van der Waals surface area (Å²) in [5.74, 6) is -0.240. The molecule has 1 unspecified atom stereocenters. The quantitative estimate of drug-likeness (QED) is 0.930. The Balaban J connectivity index is 1.66. The van der Waals surface area contributed by atoms with E-state index in [4.69, 9.17) is 5.73 Å². The Morgan fingerprint density at radius 1 is 1.24 bits per heavy atom. The molecule has 0 amide bonds. The summed E-state index contributed by atoms with van der Waals surface area (Å²) in [7, 11) is 0. The average molecular weight is 287 g/mol. The van der Waals surface area contributed by atoms with Crippen molar-refractivity contribution in [3.8, 4) is 0 Å². The highest BCUT2D eigenvalue weighted by Gasteiger charge is 2.17. The van der Waals surface area contributed by atoms with E-state index in [0.717, 1.165) is 11.3 Å². The number of nitrogens with two attached hydrogens (primary N) is 1. The first kappa shape index (κ1) is 14.3. The lowest BCUT2D eigenvalue weighted by atomic mass is 9.96. The number of hydrogen-bond donors (Lipinski definition) is 1. The van der Waals surface area contributed by atoms with E-state index in [9.17, 15) is 4.39 Å². The van der Waals surface area contributed by atoms with Crippen LogP contribution >= 0.6 is 0 Å². The fourth-order valence-electron chi connectivity index (χ4n) is 3.12. The molecule has 3 nitrogen and oxygen atoms in total. The fraction of sp³-hybridized carbons (Fsp3) is 0.471. The molecule has 1 aliphatic carbocycles. The highest BCUT2D eigenvalue weighted by molar-refractivity contribution is 5.21. The monoisotopic (exact) mass is 287 g/mol. The largest absolute Gasteiger partial charge is 0.324 e. The molecule has 0 spiro atoms. The molecule has 1 atom stereocenters. The van der Waals surface area contributed by atoms with Crippen LogP contribution in [0.3, 0.4) is 0 Å². The Hall–Kier alpha value is -1.68. The second kappa shape index (κ2) is 6.39. The van der Waals surface area contributed by atoms with E-state index in [0.29, 0.717) is 12.5 Å². The van der Waals surface area contributed by atoms with Crippen LogP contribution in [0.1, 0.15) is 55.4 Å². The van der Waals surface area contributed by atoms with Crippen molar-refractivity contribution in [1.82, 2.24) is 9.78 Å². The summed E-state index contributed by atoms with van der Waals surface area (Å²) in [5.41, 5.74) is 7.97. The molecule has 1 heterocycles. The van der Waals surface area contributed by atoms with Crippen LogP contribution in [0.25, 0.3) is 0 Å². The minimum atomic E-state index is -0.240. The molecule has 0 saturated heterocycles. The van der Waals surface area contributed by atoms with Crippen LogP contribution in [0.2, 0.25) is 0 Å². The van der Waals surface area contributed by atoms with E-state index in [1.54, 1.807) is 6.07 Å². The van der Waals surface area contributed by atoms with E-state index >= 15 is 0 Å². The molecular weight excluding hydrogens is 265 g/mol. The predicted octanol–water partition coefficient (Wildman–Crippen LogP) is 3.77. The van der Waals surface area contributed by atoms with Crippen molar-refractivity contribution < 1.29 is 4.39 Å². The van der Waals surface area contributed by atoms with Crippen molar-refractivity contribution >= 4 is 0 Å². The van der Waals surface area contributed by atoms with Crippen LogP contribution < -0.4 is 5.73 Å². The van der Waals surface area contributed by atoms with Gasteiger partial charge in [0.2, 0.25) is 0 Å². The maximum atomic E-state index is 13.2. The van der Waals surface area contributed by atoms with Crippen molar-refractivity contribution in [2.75, 3.05) is 0 Å². The zero-order chi connectivity index (χ0) is 14.7. The second-order valence-electron chi connectivity index (χ2n) is 5.94. The molecule has 3 rings (SSSR count). The van der Waals surface area contributed by atoms with Crippen LogP contribution in [0.4, 0.5) is 4.39 Å². The van der Waals surface area contributed by atoms with E-state index in [-0.39, 0.29) is 11.9 Å². The van der Waals surface area contributed by atoms with Gasteiger partial charge in [-0.05, 0) is 36.6 Å². The van der Waals surface area contributed by atoms with Gasteiger partial charge in [0, 0.05) is 18.7 Å². The van der Waals surface area contributed by atoms with Gasteiger partial charge >= 0.3 is 0 Å². The van der Waals surface area contributed by atoms with Crippen molar-refractivity contribution in [2.24, 2.45) is 5.73 Å². The molecule has 2 N–H and O–H groups in total. The molecule has 2 aromatic rings. The number of aromatic nitrogens is 2. The van der Waals surface area contributed by atoms with Crippen molar-refractivity contribution in [3.05, 3.63) is 53.6 Å². The molecular formula is C17H22FN3. The van der Waals surface area contributed by atoms with Gasteiger partial charge in [0.1, 0.15) is 5.82 Å². The van der Waals surface area contributed by atoms with Gasteiger partial charge in [0.05, 0.1) is 11.7 Å². The molecule has 1 saturated carbocycles. The summed E-state index contributed by atoms with van der Waals surface area (Å²) in [6.07, 6.45) is 9.07. The summed E-state index contributed by atoms with van der Waals surface area (Å²) in [4.78, 5) is 0. The van der Waals surface area contributed by atoms with E-state index in [1.807, 2.05) is 12.1 Å². The zero-order valence-electron chi connectivity index (χ0n) is 12.2. The minimum Gasteiger partial charge on any atom is -0.324 e. The van der Waals surface area contributed by atoms with Crippen molar-refractivity contribution in [2.45, 2.75) is 50.6 Å². The van der Waals surface area contributed by atoms with Crippen LogP contribution in [-0.2, 0) is 6.42 Å². The lowest BCUT2D eigenvalue weighted by Gasteiger charge is -2.21. The van der Waals surface area contributed by atoms with Crippen LogP contribution in [-0.4, -0.2) is 9.78 Å². The first-order chi connectivity index (χ1) is 10.2. The minimum absolute atomic E-state index is 0.213. The van der Waals surface area contributed by atoms with Gasteiger partial charge in [-0.25, -0.2) is 4.39 Å². The van der Waals surface area contributed by atoms with Gasteiger partial charge in [0.15, 0.2) is 0 Å². The van der Waals surface area contributed by atoms with Gasteiger partial charge < -0.3 is 5.73 Å². The number of nitrogens with zero attached hydrogens (tertiary/aromatic N) is 2. The molecule has 1 fully saturated rings. The first-order valence-electron chi connectivity index (χ1n) is 7.77. The lowest BCUT2D eigenvalue weighted by molar-refractivity contribution is 0.328. The molecule has 0 bridgehead atoms. The number of halogens is 1. The molecule has 4 heteroatoms. The standard InChI is InChI=1S/C17H22FN3/c18-14-6-4-5-13(11-14)17(19)12-15-9-10-21(20-15)16-7-2-1-3-8-16/h4-6,9-11,16-17H,1-3,7-8,12,19H2. The summed E-state index contributed by atoms with van der Waals surface area (Å²) in [5, 5.41) is 4.66. The van der Waals surface area contributed by atoms with Crippen LogP contribution in [0.15, 0.2) is 36.5 Å². The Bertz CT molecular complexity index is 587. The second-order valence-corrected chi connectivity index (χ2v) is 5.94. The maximum Gasteiger partial charge on any atom is 0.123 e. The van der Waals surface area contributed by atoms with Crippen LogP contribution in [0, 0.1) is 5.82 Å². The molecule has 0 radical (unpaired) electrons. The van der Waals surface area contributed by atoms with Gasteiger partial charge in [-0.1, -0.05) is 31.4 Å². The predicted molar refractivity (Wildman–Crippen MR) is 81.4 cm³/mol. The summed E-state index contributed by atoms with van der Waals surface area (Å²) >= 11 is 0. The van der Waals surface area contributed by atoms with Gasteiger partial charge in [-0.3, -0.25) is 4.68 Å². The molecule has 0 aliphatic heterocycles. The van der Waals surface area contributed by atoms with E-state index in [2.05, 4.69) is 16.0 Å². The van der Waals surface area contributed by atoms with Gasteiger partial charge in [-0.15, -0.1) is 0 Å². The Kier molecular flexibility index (Phi) is 4.34. The third-order valence-electron chi connectivity index (χ3n) is 4.32. The third-order valence-corrected chi connectivity index (χ3v) is 4.32. The van der Waals surface area contributed by atoms with E-state index < -0.39 is 0 Å². The summed E-state index contributed by atoms with van der Waals surface area (Å²) < 4.78 is 15.3. The SMILES string of the molecule is NC(Cc1ccn(C2CCCCC2)n1)c1cccc(F)c1. The third kappa shape index (κ3) is 3.50. The molecule has 1 aromatic carbocycles. The number of rotatable bonds is 4. The maximum absolute atomic E-state index is 13.2. The molecule has 112 valence electrons. The van der Waals surface area contributed by atoms with Crippen LogP contribution in [0.5, 0.6) is 0 Å². The highest BCUT2D eigenvalue weighted by atomic mass is 19.1. The van der Waals surface area contributed by atoms with E-state index in [1.165, 1.54) is 44.2 Å². The molecule has 1 aliphatic rings.